The highest BCUT2D eigenvalue weighted by molar-refractivity contribution is 14.1. The van der Waals surface area contributed by atoms with Gasteiger partial charge in [0.1, 0.15) is 24.4 Å². The Hall–Kier alpha value is 0.490. The molecular weight excluding hydrogens is 315 g/mol. The van der Waals surface area contributed by atoms with Crippen LogP contribution in [0, 0.1) is 0 Å². The maximum absolute atomic E-state index is 9.50. The van der Waals surface area contributed by atoms with E-state index in [0.29, 0.717) is 11.0 Å². The zero-order valence-electron chi connectivity index (χ0n) is 7.99. The van der Waals surface area contributed by atoms with Crippen LogP contribution in [0.4, 0.5) is 0 Å². The van der Waals surface area contributed by atoms with E-state index in [2.05, 4.69) is 22.6 Å². The average Bonchev–Trinajstić information content (AvgIpc) is 2.25. The molecule has 0 bridgehead atoms. The lowest BCUT2D eigenvalue weighted by atomic mass is 9.99. The second-order valence-electron chi connectivity index (χ2n) is 3.26. The van der Waals surface area contributed by atoms with Crippen molar-refractivity contribution in [2.75, 3.05) is 17.6 Å². The van der Waals surface area contributed by atoms with Crippen LogP contribution in [-0.2, 0) is 9.47 Å². The van der Waals surface area contributed by atoms with Crippen molar-refractivity contribution in [2.45, 2.75) is 30.7 Å². The van der Waals surface area contributed by atoms with Crippen molar-refractivity contribution < 1.29 is 29.9 Å². The van der Waals surface area contributed by atoms with Crippen LogP contribution < -0.4 is 0 Å². The Balaban J connectivity index is 2.57. The number of halogens is 1. The van der Waals surface area contributed by atoms with Crippen LogP contribution in [0.1, 0.15) is 0 Å². The van der Waals surface area contributed by atoms with Crippen molar-refractivity contribution in [1.82, 2.24) is 0 Å². The number of hydrogen-bond donors (Lipinski definition) is 4. The fraction of sp³-hybridized carbons (Fsp3) is 1.00. The molecule has 0 aliphatic carbocycles. The summed E-state index contributed by atoms with van der Waals surface area (Å²) in [6.07, 6.45) is -5.90. The molecule has 0 aromatic heterocycles. The average molecular weight is 330 g/mol. The first-order chi connectivity index (χ1) is 7.11. The minimum atomic E-state index is -1.37. The third kappa shape index (κ3) is 3.22. The van der Waals surface area contributed by atoms with Gasteiger partial charge in [0.2, 0.25) is 0 Å². The molecule has 1 unspecified atom stereocenters. The second-order valence-corrected chi connectivity index (χ2v) is 4.34. The monoisotopic (exact) mass is 330 g/mol. The summed E-state index contributed by atoms with van der Waals surface area (Å²) in [6.45, 7) is -0.0711. The van der Waals surface area contributed by atoms with Crippen LogP contribution in [-0.4, -0.2) is 68.8 Å². The molecule has 1 fully saturated rings. The summed E-state index contributed by atoms with van der Waals surface area (Å²) in [5.41, 5.74) is 0. The summed E-state index contributed by atoms with van der Waals surface area (Å²) in [5, 5.41) is 37.2. The van der Waals surface area contributed by atoms with E-state index in [1.54, 1.807) is 0 Å². The first kappa shape index (κ1) is 13.6. The summed E-state index contributed by atoms with van der Waals surface area (Å²) in [4.78, 5) is 0. The normalized spacial score (nSPS) is 41.8. The van der Waals surface area contributed by atoms with Crippen molar-refractivity contribution in [3.8, 4) is 0 Å². The molecule has 15 heavy (non-hydrogen) atoms. The Labute approximate surface area is 101 Å². The molecule has 1 rings (SSSR count). The predicted octanol–water partition coefficient (Wildman–Crippen LogP) is -1.76. The van der Waals surface area contributed by atoms with Gasteiger partial charge >= 0.3 is 0 Å². The van der Waals surface area contributed by atoms with Crippen LogP contribution in [0.25, 0.3) is 0 Å². The van der Waals surface area contributed by atoms with E-state index >= 15 is 0 Å². The van der Waals surface area contributed by atoms with E-state index in [-0.39, 0.29) is 0 Å². The van der Waals surface area contributed by atoms with Crippen molar-refractivity contribution in [2.24, 2.45) is 0 Å². The Morgan fingerprint density at radius 2 is 1.80 bits per heavy atom. The Morgan fingerprint density at radius 3 is 2.33 bits per heavy atom. The molecule has 7 heteroatoms. The zero-order chi connectivity index (χ0) is 11.4. The van der Waals surface area contributed by atoms with E-state index in [4.69, 9.17) is 14.6 Å². The predicted molar refractivity (Wildman–Crippen MR) is 58.6 cm³/mol. The number of hydrogen-bond acceptors (Lipinski definition) is 6. The summed E-state index contributed by atoms with van der Waals surface area (Å²) >= 11 is 2.09. The van der Waals surface area contributed by atoms with E-state index in [1.807, 2.05) is 0 Å². The molecule has 1 aliphatic rings. The molecule has 0 aromatic rings. The highest BCUT2D eigenvalue weighted by atomic mass is 123. The minimum Gasteiger partial charge on any atom is -0.394 e. The summed E-state index contributed by atoms with van der Waals surface area (Å²) in [7, 11) is 0. The Morgan fingerprint density at radius 1 is 1.13 bits per heavy atom. The van der Waals surface area contributed by atoms with Gasteiger partial charge in [-0.25, -0.2) is 0 Å². The van der Waals surface area contributed by atoms with Crippen LogP contribution >= 0.6 is 22.6 Å². The first-order valence-corrected chi connectivity index (χ1v) is 6.12. The fourth-order valence-electron chi connectivity index (χ4n) is 1.37. The summed E-state index contributed by atoms with van der Waals surface area (Å²) < 4.78 is 10.9. The molecule has 0 radical (unpaired) electrons. The molecule has 4 N–H and O–H groups in total. The van der Waals surface area contributed by atoms with Gasteiger partial charge in [-0.2, -0.15) is 0 Å². The fourth-order valence-corrected chi connectivity index (χ4v) is 1.62. The molecular formula is C8H15IO6. The second kappa shape index (κ2) is 6.28. The van der Waals surface area contributed by atoms with Crippen molar-refractivity contribution in [3.63, 3.8) is 0 Å². The van der Waals surface area contributed by atoms with Crippen molar-refractivity contribution in [1.29, 1.82) is 0 Å². The lowest BCUT2D eigenvalue weighted by Gasteiger charge is -2.39. The molecule has 0 saturated carbocycles. The van der Waals surface area contributed by atoms with Gasteiger partial charge in [0.25, 0.3) is 0 Å². The SMILES string of the molecule is OC[C@H]1OC(OCC[123I])[C@H](O)[C@@H](O)[C@H]1O. The number of alkyl halides is 1. The van der Waals surface area contributed by atoms with Gasteiger partial charge in [-0.15, -0.1) is 0 Å². The maximum atomic E-state index is 9.50. The Bertz CT molecular complexity index is 190. The number of aliphatic hydroxyl groups is 4. The molecule has 1 aliphatic heterocycles. The number of rotatable bonds is 4. The van der Waals surface area contributed by atoms with E-state index in [9.17, 15) is 15.3 Å². The molecule has 1 heterocycles. The number of ether oxygens (including phenoxy) is 2. The smallest absolute Gasteiger partial charge is 0.186 e. The first-order valence-electron chi connectivity index (χ1n) is 4.60. The van der Waals surface area contributed by atoms with Gasteiger partial charge in [0.05, 0.1) is 13.2 Å². The van der Waals surface area contributed by atoms with E-state index < -0.39 is 37.3 Å². The summed E-state index contributed by atoms with van der Waals surface area (Å²) in [6, 6.07) is 0. The maximum Gasteiger partial charge on any atom is 0.186 e. The van der Waals surface area contributed by atoms with Gasteiger partial charge in [-0.05, 0) is 0 Å². The van der Waals surface area contributed by atoms with Gasteiger partial charge in [0.15, 0.2) is 6.29 Å². The highest BCUT2D eigenvalue weighted by Gasteiger charge is 2.43. The standard InChI is InChI=1S/C8H15IO6/c9-1-2-14-8-7(13)6(12)5(11)4(3-10)15-8/h4-8,10-13H,1-3H2/t4-,5+,6+,7-,8?/m1/s1/i9-4. The molecule has 0 aromatic carbocycles. The van der Waals surface area contributed by atoms with E-state index in [0.717, 1.165) is 0 Å². The molecule has 0 spiro atoms. The number of aliphatic hydroxyl groups excluding tert-OH is 4. The topological polar surface area (TPSA) is 99.4 Å². The molecule has 1 saturated heterocycles. The zero-order valence-corrected chi connectivity index (χ0v) is 10.1. The minimum absolute atomic E-state index is 0.364. The highest BCUT2D eigenvalue weighted by Crippen LogP contribution is 2.21. The molecule has 6 nitrogen and oxygen atoms in total. The van der Waals surface area contributed by atoms with Gasteiger partial charge in [-0.3, -0.25) is 0 Å². The third-order valence-corrected chi connectivity index (χ3v) is 2.65. The largest absolute Gasteiger partial charge is 0.394 e. The van der Waals surface area contributed by atoms with Crippen LogP contribution in [0.3, 0.4) is 0 Å². The quantitative estimate of drug-likeness (QED) is 0.360. The lowest BCUT2D eigenvalue weighted by Crippen LogP contribution is -2.59. The van der Waals surface area contributed by atoms with E-state index in [1.165, 1.54) is 0 Å². The molecule has 5 atom stereocenters. The summed E-state index contributed by atoms with van der Waals surface area (Å²) in [5.74, 6) is 0. The molecule has 0 amide bonds. The van der Waals surface area contributed by atoms with Crippen molar-refractivity contribution in [3.05, 3.63) is 0 Å². The van der Waals surface area contributed by atoms with Crippen LogP contribution in [0.5, 0.6) is 0 Å². The molecule has 90 valence electrons. The third-order valence-electron chi connectivity index (χ3n) is 2.21. The van der Waals surface area contributed by atoms with Gasteiger partial charge in [-0.1, -0.05) is 22.6 Å². The van der Waals surface area contributed by atoms with Crippen LogP contribution in [0.2, 0.25) is 0 Å². The van der Waals surface area contributed by atoms with Crippen LogP contribution in [0.15, 0.2) is 0 Å². The van der Waals surface area contributed by atoms with Gasteiger partial charge in [0, 0.05) is 4.43 Å². The van der Waals surface area contributed by atoms with Gasteiger partial charge < -0.3 is 29.9 Å². The Kier molecular flexibility index (Phi) is 5.68. The lowest BCUT2D eigenvalue weighted by molar-refractivity contribution is -0.299. The van der Waals surface area contributed by atoms with Crippen molar-refractivity contribution >= 4 is 22.6 Å².